The van der Waals surface area contributed by atoms with Gasteiger partial charge in [0.15, 0.2) is 11.1 Å². The van der Waals surface area contributed by atoms with Crippen molar-refractivity contribution in [1.29, 1.82) is 0 Å². The molecule has 0 saturated carbocycles. The number of aromatic carboxylic acids is 1. The van der Waals surface area contributed by atoms with Gasteiger partial charge in [0.1, 0.15) is 0 Å². The summed E-state index contributed by atoms with van der Waals surface area (Å²) in [4.78, 5) is 10.5. The van der Waals surface area contributed by atoms with Gasteiger partial charge in [0.25, 0.3) is 0 Å². The molecule has 0 aliphatic rings. The molecule has 1 unspecified atom stereocenters. The molecule has 15 heavy (non-hydrogen) atoms. The van der Waals surface area contributed by atoms with Crippen molar-refractivity contribution in [1.82, 2.24) is 0 Å². The predicted molar refractivity (Wildman–Crippen MR) is 52.4 cm³/mol. The van der Waals surface area contributed by atoms with Crippen molar-refractivity contribution < 1.29 is 80.6 Å². The van der Waals surface area contributed by atoms with Gasteiger partial charge in [-0.15, -0.1) is 0 Å². The standard InChI is InChI=1S/C7H5BrO4S.2Na.2H/c8-5-2-1-4(7(9)10)3-6(5)13(11)12;;;;/h1-3H,(H,9,10)(H,11,12);;;;/q;2*+1;2*-1. The number of carboxylic acid groups (broad SMARTS) is 1. The van der Waals surface area contributed by atoms with Crippen LogP contribution in [0.25, 0.3) is 0 Å². The third-order valence-corrected chi connectivity index (χ3v) is 3.03. The Balaban J connectivity index is -0.000000211. The fraction of sp³-hybridized carbons (Fsp3) is 0. The van der Waals surface area contributed by atoms with Crippen LogP contribution in [0.15, 0.2) is 27.6 Å². The maximum Gasteiger partial charge on any atom is 1.00 e. The van der Waals surface area contributed by atoms with Crippen LogP contribution in [0.3, 0.4) is 0 Å². The van der Waals surface area contributed by atoms with Gasteiger partial charge in [0.2, 0.25) is 0 Å². The van der Waals surface area contributed by atoms with Crippen LogP contribution in [0, 0.1) is 0 Å². The van der Waals surface area contributed by atoms with Crippen LogP contribution in [-0.4, -0.2) is 19.8 Å². The molecule has 8 heteroatoms. The van der Waals surface area contributed by atoms with Crippen LogP contribution in [0.4, 0.5) is 0 Å². The Kier molecular flexibility index (Phi) is 10.4. The summed E-state index contributed by atoms with van der Waals surface area (Å²) < 4.78 is 19.9. The van der Waals surface area contributed by atoms with Crippen LogP contribution in [0.2, 0.25) is 0 Å². The zero-order valence-electron chi connectivity index (χ0n) is 10.2. The second-order valence-electron chi connectivity index (χ2n) is 2.20. The van der Waals surface area contributed by atoms with E-state index < -0.39 is 17.0 Å². The number of halogens is 1. The Morgan fingerprint density at radius 1 is 1.40 bits per heavy atom. The normalized spacial score (nSPS) is 10.8. The van der Waals surface area contributed by atoms with E-state index in [1.54, 1.807) is 0 Å². The molecule has 0 radical (unpaired) electrons. The zero-order valence-corrected chi connectivity index (χ0v) is 14.6. The van der Waals surface area contributed by atoms with Crippen molar-refractivity contribution in [3.63, 3.8) is 0 Å². The van der Waals surface area contributed by atoms with Gasteiger partial charge in [-0.1, -0.05) is 0 Å². The van der Waals surface area contributed by atoms with E-state index >= 15 is 0 Å². The van der Waals surface area contributed by atoms with Gasteiger partial charge in [0, 0.05) is 4.47 Å². The van der Waals surface area contributed by atoms with Gasteiger partial charge in [-0.05, 0) is 34.1 Å². The maximum absolute atomic E-state index is 10.7. The Hall–Kier alpha value is 1.28. The fourth-order valence-corrected chi connectivity index (χ4v) is 1.89. The van der Waals surface area contributed by atoms with E-state index in [2.05, 4.69) is 15.9 Å². The van der Waals surface area contributed by atoms with E-state index in [4.69, 9.17) is 9.66 Å². The number of hydrogen-bond donors (Lipinski definition) is 2. The Labute approximate surface area is 145 Å². The van der Waals surface area contributed by atoms with Crippen molar-refractivity contribution in [2.45, 2.75) is 4.90 Å². The molecule has 0 spiro atoms. The van der Waals surface area contributed by atoms with Crippen LogP contribution in [0.1, 0.15) is 13.2 Å². The number of benzene rings is 1. The molecule has 1 atom stereocenters. The maximum atomic E-state index is 10.7. The molecule has 0 heterocycles. The molecular formula is C7H7BrNa2O4S. The third-order valence-electron chi connectivity index (χ3n) is 1.37. The van der Waals surface area contributed by atoms with Crippen molar-refractivity contribution in [3.8, 4) is 0 Å². The molecule has 0 bridgehead atoms. The van der Waals surface area contributed by atoms with Gasteiger partial charge in [-0.2, -0.15) is 0 Å². The van der Waals surface area contributed by atoms with E-state index in [0.717, 1.165) is 6.07 Å². The monoisotopic (exact) mass is 312 g/mol. The molecule has 0 saturated heterocycles. The van der Waals surface area contributed by atoms with Crippen molar-refractivity contribution in [2.24, 2.45) is 0 Å². The molecule has 0 aliphatic heterocycles. The summed E-state index contributed by atoms with van der Waals surface area (Å²) in [6, 6.07) is 3.93. The Morgan fingerprint density at radius 2 is 1.93 bits per heavy atom. The van der Waals surface area contributed by atoms with Crippen LogP contribution in [-0.2, 0) is 11.1 Å². The number of hydrogen-bond acceptors (Lipinski definition) is 2. The molecule has 4 nitrogen and oxygen atoms in total. The van der Waals surface area contributed by atoms with E-state index in [1.165, 1.54) is 12.1 Å². The second kappa shape index (κ2) is 8.38. The first-order chi connectivity index (χ1) is 6.02. The topological polar surface area (TPSA) is 74.6 Å². The Morgan fingerprint density at radius 3 is 2.33 bits per heavy atom. The summed E-state index contributed by atoms with van der Waals surface area (Å²) in [6.45, 7) is 0. The molecule has 74 valence electrons. The van der Waals surface area contributed by atoms with Crippen LogP contribution < -0.4 is 59.1 Å². The number of rotatable bonds is 2. The predicted octanol–water partition coefficient (Wildman–Crippen LogP) is -4.04. The van der Waals surface area contributed by atoms with E-state index in [-0.39, 0.29) is 72.4 Å². The molecule has 0 aliphatic carbocycles. The quantitative estimate of drug-likeness (QED) is 0.431. The van der Waals surface area contributed by atoms with Gasteiger partial charge in [0.05, 0.1) is 10.5 Å². The number of carboxylic acids is 1. The van der Waals surface area contributed by atoms with Crippen molar-refractivity contribution >= 4 is 33.0 Å². The van der Waals surface area contributed by atoms with Gasteiger partial charge >= 0.3 is 65.1 Å². The minimum Gasteiger partial charge on any atom is -1.00 e. The summed E-state index contributed by atoms with van der Waals surface area (Å²) >= 11 is 0.857. The van der Waals surface area contributed by atoms with Crippen LogP contribution >= 0.6 is 15.9 Å². The smallest absolute Gasteiger partial charge is 1.00 e. The van der Waals surface area contributed by atoms with Gasteiger partial charge in [-0.3, -0.25) is 0 Å². The molecule has 0 aromatic heterocycles. The second-order valence-corrected chi connectivity index (χ2v) is 3.99. The summed E-state index contributed by atoms with van der Waals surface area (Å²) in [5, 5.41) is 8.59. The fourth-order valence-electron chi connectivity index (χ4n) is 0.770. The zero-order chi connectivity index (χ0) is 10.0. The molecular weight excluding hydrogens is 306 g/mol. The minimum absolute atomic E-state index is 0. The number of carbonyl (C=O) groups is 1. The molecule has 1 aromatic carbocycles. The van der Waals surface area contributed by atoms with E-state index in [1.807, 2.05) is 0 Å². The Bertz CT molecular complexity index is 394. The summed E-state index contributed by atoms with van der Waals surface area (Å²) in [6.07, 6.45) is 0. The first-order valence-corrected chi connectivity index (χ1v) is 5.06. The molecule has 2 N–H and O–H groups in total. The van der Waals surface area contributed by atoms with Crippen LogP contribution in [0.5, 0.6) is 0 Å². The SMILES string of the molecule is O=C(O)c1ccc(Br)c(S(=O)O)c1.[H-].[H-].[Na+].[Na+]. The van der Waals surface area contributed by atoms with Crippen molar-refractivity contribution in [2.75, 3.05) is 0 Å². The van der Waals surface area contributed by atoms with E-state index in [9.17, 15) is 9.00 Å². The molecule has 0 fully saturated rings. The first-order valence-electron chi connectivity index (χ1n) is 3.16. The minimum atomic E-state index is -2.18. The molecule has 1 aromatic rings. The van der Waals surface area contributed by atoms with Gasteiger partial charge in [-0.25, -0.2) is 9.00 Å². The van der Waals surface area contributed by atoms with Crippen molar-refractivity contribution in [3.05, 3.63) is 28.2 Å². The summed E-state index contributed by atoms with van der Waals surface area (Å²) in [7, 11) is 0. The third kappa shape index (κ3) is 5.43. The summed E-state index contributed by atoms with van der Waals surface area (Å²) in [5.41, 5.74) is -0.0133. The first kappa shape index (κ1) is 18.6. The average molecular weight is 313 g/mol. The largest absolute Gasteiger partial charge is 1.00 e. The summed E-state index contributed by atoms with van der Waals surface area (Å²) in [5.74, 6) is -1.13. The van der Waals surface area contributed by atoms with E-state index in [0.29, 0.717) is 4.47 Å². The molecule has 1 rings (SSSR count). The van der Waals surface area contributed by atoms with Gasteiger partial charge < -0.3 is 12.5 Å². The average Bonchev–Trinajstić information content (AvgIpc) is 2.04. The molecule has 0 amide bonds.